The number of likely N-dealkylation sites (tertiary alicyclic amines) is 1. The lowest BCUT2D eigenvalue weighted by atomic mass is 9.93. The molecule has 1 aliphatic carbocycles. The second-order valence-electron chi connectivity index (χ2n) is 7.28. The minimum atomic E-state index is 0.0490. The number of rotatable bonds is 7. The molecule has 5 nitrogen and oxygen atoms in total. The predicted molar refractivity (Wildman–Crippen MR) is 102 cm³/mol. The molecule has 0 bridgehead atoms. The van der Waals surface area contributed by atoms with Crippen LogP contribution in [0, 0.1) is 5.92 Å². The van der Waals surface area contributed by atoms with E-state index < -0.39 is 0 Å². The summed E-state index contributed by atoms with van der Waals surface area (Å²) in [6.45, 7) is 1.55. The summed E-state index contributed by atoms with van der Waals surface area (Å²) in [6, 6.07) is 8.05. The molecule has 2 amide bonds. The highest BCUT2D eigenvalue weighted by atomic mass is 16.5. The van der Waals surface area contributed by atoms with E-state index in [4.69, 9.17) is 4.74 Å². The third kappa shape index (κ3) is 5.61. The summed E-state index contributed by atoms with van der Waals surface area (Å²) in [5.41, 5.74) is 0.976. The second-order valence-corrected chi connectivity index (χ2v) is 7.28. The van der Waals surface area contributed by atoms with E-state index in [0.717, 1.165) is 56.5 Å². The van der Waals surface area contributed by atoms with E-state index in [1.165, 1.54) is 0 Å². The third-order valence-corrected chi connectivity index (χ3v) is 5.09. The van der Waals surface area contributed by atoms with Gasteiger partial charge in [0.05, 0.1) is 7.11 Å². The van der Waals surface area contributed by atoms with Gasteiger partial charge in [-0.15, -0.1) is 0 Å². The molecule has 0 aromatic heterocycles. The van der Waals surface area contributed by atoms with E-state index in [0.29, 0.717) is 18.4 Å². The average molecular weight is 356 g/mol. The van der Waals surface area contributed by atoms with Gasteiger partial charge in [0.2, 0.25) is 11.8 Å². The number of carbonyl (C=O) groups is 2. The van der Waals surface area contributed by atoms with Gasteiger partial charge in [-0.2, -0.15) is 0 Å². The Morgan fingerprint density at radius 2 is 2.00 bits per heavy atom. The van der Waals surface area contributed by atoms with Gasteiger partial charge in [-0.05, 0) is 61.8 Å². The molecule has 1 aromatic rings. The van der Waals surface area contributed by atoms with Gasteiger partial charge in [0.25, 0.3) is 0 Å². The van der Waals surface area contributed by atoms with Crippen LogP contribution in [0.5, 0.6) is 5.75 Å². The third-order valence-electron chi connectivity index (χ3n) is 5.09. The maximum atomic E-state index is 12.5. The van der Waals surface area contributed by atoms with Crippen molar-refractivity contribution in [1.82, 2.24) is 10.2 Å². The van der Waals surface area contributed by atoms with Crippen LogP contribution in [0.1, 0.15) is 44.1 Å². The maximum Gasteiger partial charge on any atom is 0.246 e. The van der Waals surface area contributed by atoms with Crippen molar-refractivity contribution in [2.75, 3.05) is 20.2 Å². The molecule has 140 valence electrons. The van der Waals surface area contributed by atoms with Crippen molar-refractivity contribution in [3.63, 3.8) is 0 Å². The molecule has 0 radical (unpaired) electrons. The van der Waals surface area contributed by atoms with Gasteiger partial charge in [0.15, 0.2) is 0 Å². The van der Waals surface area contributed by atoms with Crippen molar-refractivity contribution in [3.8, 4) is 5.75 Å². The fourth-order valence-corrected chi connectivity index (χ4v) is 3.35. The summed E-state index contributed by atoms with van der Waals surface area (Å²) in [6.07, 6.45) is 9.28. The van der Waals surface area contributed by atoms with Crippen molar-refractivity contribution < 1.29 is 14.3 Å². The Hall–Kier alpha value is -2.30. The minimum Gasteiger partial charge on any atom is -0.497 e. The fraction of sp³-hybridized carbons (Fsp3) is 0.524. The molecule has 1 atom stereocenters. The van der Waals surface area contributed by atoms with Gasteiger partial charge >= 0.3 is 0 Å². The zero-order valence-electron chi connectivity index (χ0n) is 15.4. The Bertz CT molecular complexity index is 650. The van der Waals surface area contributed by atoms with E-state index in [-0.39, 0.29) is 11.8 Å². The molecule has 0 unspecified atom stereocenters. The molecular weight excluding hydrogens is 328 g/mol. The van der Waals surface area contributed by atoms with E-state index in [1.807, 2.05) is 35.2 Å². The number of hydrogen-bond donors (Lipinski definition) is 1. The first-order valence-electron chi connectivity index (χ1n) is 9.54. The summed E-state index contributed by atoms with van der Waals surface area (Å²) in [7, 11) is 1.64. The Kier molecular flexibility index (Phi) is 6.31. The van der Waals surface area contributed by atoms with Crippen LogP contribution in [-0.4, -0.2) is 43.0 Å². The fourth-order valence-electron chi connectivity index (χ4n) is 3.35. The number of nitrogens with one attached hydrogen (secondary N) is 1. The van der Waals surface area contributed by atoms with Gasteiger partial charge in [-0.3, -0.25) is 9.59 Å². The zero-order valence-corrected chi connectivity index (χ0v) is 15.4. The zero-order chi connectivity index (χ0) is 18.4. The predicted octanol–water partition coefficient (Wildman–Crippen LogP) is 3.01. The molecule has 1 saturated carbocycles. The van der Waals surface area contributed by atoms with Gasteiger partial charge < -0.3 is 15.0 Å². The van der Waals surface area contributed by atoms with Crippen LogP contribution in [-0.2, 0) is 9.59 Å². The summed E-state index contributed by atoms with van der Waals surface area (Å²) in [4.78, 5) is 26.2. The Morgan fingerprint density at radius 1 is 1.23 bits per heavy atom. The SMILES string of the molecule is COc1ccc(/C=C/C(=O)N2CCC[C@@H](CCC(=O)NC3CC3)C2)cc1. The quantitative estimate of drug-likeness (QED) is 0.764. The highest BCUT2D eigenvalue weighted by Crippen LogP contribution is 2.23. The topological polar surface area (TPSA) is 58.6 Å². The number of nitrogens with zero attached hydrogens (tertiary/aromatic N) is 1. The molecule has 1 N–H and O–H groups in total. The smallest absolute Gasteiger partial charge is 0.246 e. The number of methoxy groups -OCH3 is 1. The largest absolute Gasteiger partial charge is 0.497 e. The first kappa shape index (κ1) is 18.5. The maximum absolute atomic E-state index is 12.5. The Morgan fingerprint density at radius 3 is 2.69 bits per heavy atom. The van der Waals surface area contributed by atoms with Gasteiger partial charge in [0, 0.05) is 31.6 Å². The highest BCUT2D eigenvalue weighted by Gasteiger charge is 2.25. The standard InChI is InChI=1S/C21H28N2O3/c1-26-19-10-4-16(5-11-19)7-13-21(25)23-14-2-3-17(15-23)6-12-20(24)22-18-8-9-18/h4-5,7,10-11,13,17-18H,2-3,6,8-9,12,14-15H2,1H3,(H,22,24)/b13-7+/t17-/m0/s1. The lowest BCUT2D eigenvalue weighted by Crippen LogP contribution is -2.39. The van der Waals surface area contributed by atoms with Crippen LogP contribution in [0.25, 0.3) is 6.08 Å². The van der Waals surface area contributed by atoms with Crippen LogP contribution in [0.15, 0.2) is 30.3 Å². The van der Waals surface area contributed by atoms with Crippen molar-refractivity contribution in [2.45, 2.75) is 44.6 Å². The lowest BCUT2D eigenvalue weighted by molar-refractivity contribution is -0.127. The summed E-state index contributed by atoms with van der Waals surface area (Å²) in [5, 5.41) is 3.03. The number of amides is 2. The number of carbonyl (C=O) groups excluding carboxylic acids is 2. The van der Waals surface area contributed by atoms with Crippen molar-refractivity contribution >= 4 is 17.9 Å². The van der Waals surface area contributed by atoms with E-state index in [1.54, 1.807) is 13.2 Å². The Balaban J connectivity index is 1.45. The van der Waals surface area contributed by atoms with Crippen LogP contribution in [0.4, 0.5) is 0 Å². The summed E-state index contributed by atoms with van der Waals surface area (Å²) >= 11 is 0. The number of benzene rings is 1. The van der Waals surface area contributed by atoms with E-state index >= 15 is 0 Å². The van der Waals surface area contributed by atoms with Gasteiger partial charge in [-0.1, -0.05) is 12.1 Å². The number of hydrogen-bond acceptors (Lipinski definition) is 3. The van der Waals surface area contributed by atoms with Gasteiger partial charge in [0.1, 0.15) is 5.75 Å². The first-order valence-corrected chi connectivity index (χ1v) is 9.54. The normalized spacial score (nSPS) is 20.2. The second kappa shape index (κ2) is 8.88. The van der Waals surface area contributed by atoms with E-state index in [9.17, 15) is 9.59 Å². The lowest BCUT2D eigenvalue weighted by Gasteiger charge is -2.32. The van der Waals surface area contributed by atoms with Crippen LogP contribution < -0.4 is 10.1 Å². The molecule has 26 heavy (non-hydrogen) atoms. The molecule has 1 aromatic carbocycles. The molecule has 5 heteroatoms. The highest BCUT2D eigenvalue weighted by molar-refractivity contribution is 5.91. The summed E-state index contributed by atoms with van der Waals surface area (Å²) < 4.78 is 5.14. The van der Waals surface area contributed by atoms with Crippen molar-refractivity contribution in [3.05, 3.63) is 35.9 Å². The molecular formula is C21H28N2O3. The molecule has 0 spiro atoms. The van der Waals surface area contributed by atoms with Crippen molar-refractivity contribution in [2.24, 2.45) is 5.92 Å². The monoisotopic (exact) mass is 356 g/mol. The van der Waals surface area contributed by atoms with Crippen LogP contribution in [0.2, 0.25) is 0 Å². The first-order chi connectivity index (χ1) is 12.6. The molecule has 1 saturated heterocycles. The molecule has 2 fully saturated rings. The van der Waals surface area contributed by atoms with Gasteiger partial charge in [-0.25, -0.2) is 0 Å². The average Bonchev–Trinajstić information content (AvgIpc) is 3.49. The molecule has 1 aliphatic heterocycles. The molecule has 1 heterocycles. The van der Waals surface area contributed by atoms with E-state index in [2.05, 4.69) is 5.32 Å². The minimum absolute atomic E-state index is 0.0490. The van der Waals surface area contributed by atoms with Crippen LogP contribution >= 0.6 is 0 Å². The van der Waals surface area contributed by atoms with Crippen LogP contribution in [0.3, 0.4) is 0 Å². The summed E-state index contributed by atoms with van der Waals surface area (Å²) in [5.74, 6) is 1.44. The number of ether oxygens (including phenoxy) is 1. The Labute approximate surface area is 155 Å². The molecule has 3 rings (SSSR count). The molecule has 2 aliphatic rings. The van der Waals surface area contributed by atoms with Crippen molar-refractivity contribution in [1.29, 1.82) is 0 Å². The number of piperidine rings is 1.